The first-order chi connectivity index (χ1) is 7.17. The molecule has 0 aromatic heterocycles. The highest BCUT2D eigenvalue weighted by Gasteiger charge is 2.27. The molecule has 0 aliphatic heterocycles. The Morgan fingerprint density at radius 2 is 1.94 bits per heavy atom. The molecule has 0 heterocycles. The normalized spacial score (nSPS) is 15.1. The molecule has 3 atom stereocenters. The van der Waals surface area contributed by atoms with Crippen LogP contribution in [-0.4, -0.2) is 35.0 Å². The fourth-order valence-electron chi connectivity index (χ4n) is 1.02. The molecule has 0 spiro atoms. The average molecular weight is 249 g/mol. The molecule has 16 heavy (non-hydrogen) atoms. The molecule has 94 valence electrons. The van der Waals surface area contributed by atoms with Crippen LogP contribution in [0.5, 0.6) is 0 Å². The molecule has 0 bridgehead atoms. The Morgan fingerprint density at radius 1 is 1.44 bits per heavy atom. The molecule has 0 saturated carbocycles. The summed E-state index contributed by atoms with van der Waals surface area (Å²) in [5.74, 6) is -1.23. The van der Waals surface area contributed by atoms with E-state index in [0.717, 1.165) is 0 Å². The lowest BCUT2D eigenvalue weighted by Crippen LogP contribution is -2.47. The number of nitrogens with one attached hydrogen (secondary N) is 1. The summed E-state index contributed by atoms with van der Waals surface area (Å²) in [6, 6.07) is -0.924. The van der Waals surface area contributed by atoms with Crippen molar-refractivity contribution in [2.75, 3.05) is 6.16 Å². The minimum Gasteiger partial charge on any atom is -0.480 e. The highest BCUT2D eigenvalue weighted by Crippen LogP contribution is 2.10. The molecule has 1 amide bonds. The van der Waals surface area contributed by atoms with E-state index in [9.17, 15) is 9.59 Å². The SMILES string of the molecule is CC(CP)C(NC(=O)OC(C)(C)C)C(=O)O. The third-order valence-electron chi connectivity index (χ3n) is 1.88. The first kappa shape index (κ1) is 15.2. The van der Waals surface area contributed by atoms with Crippen LogP contribution in [0, 0.1) is 5.92 Å². The van der Waals surface area contributed by atoms with Gasteiger partial charge in [0.25, 0.3) is 0 Å². The zero-order valence-corrected chi connectivity index (χ0v) is 11.3. The Balaban J connectivity index is 4.42. The van der Waals surface area contributed by atoms with E-state index in [0.29, 0.717) is 6.16 Å². The minimum atomic E-state index is -1.05. The zero-order valence-electron chi connectivity index (χ0n) is 10.1. The van der Waals surface area contributed by atoms with Crippen LogP contribution in [0.15, 0.2) is 0 Å². The van der Waals surface area contributed by atoms with E-state index < -0.39 is 23.7 Å². The van der Waals surface area contributed by atoms with Crippen molar-refractivity contribution in [3.8, 4) is 0 Å². The molecule has 2 N–H and O–H groups in total. The third-order valence-corrected chi connectivity index (χ3v) is 2.62. The summed E-state index contributed by atoms with van der Waals surface area (Å²) in [6.45, 7) is 6.92. The highest BCUT2D eigenvalue weighted by molar-refractivity contribution is 7.16. The molecule has 3 unspecified atom stereocenters. The van der Waals surface area contributed by atoms with Gasteiger partial charge in [-0.1, -0.05) is 6.92 Å². The van der Waals surface area contributed by atoms with E-state index in [1.54, 1.807) is 27.7 Å². The molecule has 0 aromatic carbocycles. The molecule has 6 heteroatoms. The van der Waals surface area contributed by atoms with Crippen molar-refractivity contribution in [3.63, 3.8) is 0 Å². The van der Waals surface area contributed by atoms with Crippen LogP contribution < -0.4 is 5.32 Å². The smallest absolute Gasteiger partial charge is 0.408 e. The van der Waals surface area contributed by atoms with Gasteiger partial charge >= 0.3 is 12.1 Å². The van der Waals surface area contributed by atoms with E-state index in [4.69, 9.17) is 9.84 Å². The number of rotatable bonds is 4. The van der Waals surface area contributed by atoms with Gasteiger partial charge in [0.15, 0.2) is 0 Å². The van der Waals surface area contributed by atoms with Crippen molar-refractivity contribution < 1.29 is 19.4 Å². The number of hydrogen-bond acceptors (Lipinski definition) is 3. The zero-order chi connectivity index (χ0) is 12.9. The first-order valence-electron chi connectivity index (χ1n) is 5.09. The summed E-state index contributed by atoms with van der Waals surface area (Å²) in [7, 11) is 2.45. The van der Waals surface area contributed by atoms with Crippen LogP contribution in [0.1, 0.15) is 27.7 Å². The second-order valence-electron chi connectivity index (χ2n) is 4.68. The topological polar surface area (TPSA) is 75.6 Å². The maximum atomic E-state index is 11.4. The van der Waals surface area contributed by atoms with Gasteiger partial charge in [-0.15, -0.1) is 9.24 Å². The van der Waals surface area contributed by atoms with E-state index in [1.807, 2.05) is 0 Å². The van der Waals surface area contributed by atoms with E-state index in [-0.39, 0.29) is 5.92 Å². The summed E-state index contributed by atoms with van der Waals surface area (Å²) >= 11 is 0. The number of hydrogen-bond donors (Lipinski definition) is 2. The first-order valence-corrected chi connectivity index (χ1v) is 5.91. The van der Waals surface area contributed by atoms with Gasteiger partial charge in [0.2, 0.25) is 0 Å². The predicted octanol–water partition coefficient (Wildman–Crippen LogP) is 1.48. The summed E-state index contributed by atoms with van der Waals surface area (Å²) < 4.78 is 4.99. The molecule has 0 fully saturated rings. The van der Waals surface area contributed by atoms with Gasteiger partial charge in [0, 0.05) is 0 Å². The summed E-state index contributed by atoms with van der Waals surface area (Å²) in [5, 5.41) is 11.3. The monoisotopic (exact) mass is 249 g/mol. The molecule has 0 aliphatic carbocycles. The Hall–Kier alpha value is -0.830. The van der Waals surface area contributed by atoms with Crippen LogP contribution in [0.4, 0.5) is 4.79 Å². The third kappa shape index (κ3) is 5.91. The van der Waals surface area contributed by atoms with Gasteiger partial charge in [-0.2, -0.15) is 0 Å². The van der Waals surface area contributed by atoms with Gasteiger partial charge in [0.05, 0.1) is 0 Å². The van der Waals surface area contributed by atoms with Crippen molar-refractivity contribution in [1.29, 1.82) is 0 Å². The minimum absolute atomic E-state index is 0.171. The van der Waals surface area contributed by atoms with Gasteiger partial charge in [-0.3, -0.25) is 0 Å². The van der Waals surface area contributed by atoms with Crippen molar-refractivity contribution in [2.24, 2.45) is 5.92 Å². The maximum Gasteiger partial charge on any atom is 0.408 e. The molecule has 0 aliphatic rings. The molecule has 0 aromatic rings. The number of carboxylic acids is 1. The van der Waals surface area contributed by atoms with Crippen LogP contribution in [0.3, 0.4) is 0 Å². The molecule has 0 radical (unpaired) electrons. The summed E-state index contributed by atoms with van der Waals surface area (Å²) in [4.78, 5) is 22.3. The number of ether oxygens (including phenoxy) is 1. The molecular weight excluding hydrogens is 229 g/mol. The maximum absolute atomic E-state index is 11.4. The van der Waals surface area contributed by atoms with E-state index in [2.05, 4.69) is 14.6 Å². The van der Waals surface area contributed by atoms with Crippen LogP contribution in [-0.2, 0) is 9.53 Å². The Labute approximate surface area is 98.1 Å². The van der Waals surface area contributed by atoms with E-state index in [1.165, 1.54) is 0 Å². The lowest BCUT2D eigenvalue weighted by molar-refractivity contribution is -0.140. The number of aliphatic carboxylic acids is 1. The summed E-state index contributed by atoms with van der Waals surface area (Å²) in [6.07, 6.45) is -0.113. The van der Waals surface area contributed by atoms with Crippen LogP contribution >= 0.6 is 9.24 Å². The Morgan fingerprint density at radius 3 is 2.25 bits per heavy atom. The fraction of sp³-hybridized carbons (Fsp3) is 0.800. The van der Waals surface area contributed by atoms with Crippen LogP contribution in [0.2, 0.25) is 0 Å². The van der Waals surface area contributed by atoms with E-state index >= 15 is 0 Å². The summed E-state index contributed by atoms with van der Waals surface area (Å²) in [5.41, 5.74) is -0.628. The Kier molecular flexibility index (Phi) is 5.73. The lowest BCUT2D eigenvalue weighted by atomic mass is 10.1. The second-order valence-corrected chi connectivity index (χ2v) is 5.15. The fourth-order valence-corrected chi connectivity index (χ4v) is 1.29. The van der Waals surface area contributed by atoms with Crippen molar-refractivity contribution in [2.45, 2.75) is 39.3 Å². The van der Waals surface area contributed by atoms with Gasteiger partial charge in [-0.05, 0) is 32.9 Å². The number of carbonyl (C=O) groups is 2. The molecule has 0 saturated heterocycles. The standard InChI is InChI=1S/C10H20NO4P/c1-6(5-16)7(8(12)13)11-9(14)15-10(2,3)4/h6-7H,5,16H2,1-4H3,(H,11,14)(H,12,13). The van der Waals surface area contributed by atoms with Gasteiger partial charge < -0.3 is 15.2 Å². The average Bonchev–Trinajstić information content (AvgIpc) is 2.09. The largest absolute Gasteiger partial charge is 0.480 e. The molecule has 5 nitrogen and oxygen atoms in total. The Bertz CT molecular complexity index is 262. The number of carboxylic acid groups (broad SMARTS) is 1. The van der Waals surface area contributed by atoms with Crippen LogP contribution in [0.25, 0.3) is 0 Å². The van der Waals surface area contributed by atoms with Crippen molar-refractivity contribution >= 4 is 21.3 Å². The number of amides is 1. The van der Waals surface area contributed by atoms with Crippen molar-refractivity contribution in [1.82, 2.24) is 5.32 Å². The molecule has 0 rings (SSSR count). The highest BCUT2D eigenvalue weighted by atomic mass is 31.0. The second kappa shape index (κ2) is 6.04. The number of alkyl carbamates (subject to hydrolysis) is 1. The van der Waals surface area contributed by atoms with Gasteiger partial charge in [0.1, 0.15) is 11.6 Å². The quantitative estimate of drug-likeness (QED) is 0.740. The van der Waals surface area contributed by atoms with Crippen molar-refractivity contribution in [3.05, 3.63) is 0 Å². The number of carbonyl (C=O) groups excluding carboxylic acids is 1. The molecular formula is C10H20NO4P. The lowest BCUT2D eigenvalue weighted by Gasteiger charge is -2.24. The van der Waals surface area contributed by atoms with Gasteiger partial charge in [-0.25, -0.2) is 9.59 Å². The predicted molar refractivity (Wildman–Crippen MR) is 64.5 cm³/mol.